The molecule has 3 N–H and O–H groups in total. The first kappa shape index (κ1) is 17.8. The standard InChI is InChI=1S/C19H25N3O2/c1-14(2)22(12-15-7-5-4-6-8-15)13-19(23)21-17-10-9-16(20)11-18(17)24-3/h4-11,14H,12-13,20H2,1-3H3,(H,21,23). The van der Waals surface area contributed by atoms with Crippen LogP contribution in [0.4, 0.5) is 11.4 Å². The second-order valence-corrected chi connectivity index (χ2v) is 5.99. The summed E-state index contributed by atoms with van der Waals surface area (Å²) in [5.41, 5.74) is 8.14. The van der Waals surface area contributed by atoms with Crippen LogP contribution in [0.3, 0.4) is 0 Å². The predicted molar refractivity (Wildman–Crippen MR) is 98.0 cm³/mol. The topological polar surface area (TPSA) is 67.6 Å². The van der Waals surface area contributed by atoms with Crippen LogP contribution in [0.15, 0.2) is 48.5 Å². The van der Waals surface area contributed by atoms with Gasteiger partial charge in [-0.15, -0.1) is 0 Å². The van der Waals surface area contributed by atoms with E-state index in [2.05, 4.69) is 36.2 Å². The average molecular weight is 327 g/mol. The Balaban J connectivity index is 2.03. The summed E-state index contributed by atoms with van der Waals surface area (Å²) in [5.74, 6) is 0.477. The number of nitrogens with zero attached hydrogens (tertiary/aromatic N) is 1. The van der Waals surface area contributed by atoms with Gasteiger partial charge in [-0.05, 0) is 31.5 Å². The summed E-state index contributed by atoms with van der Waals surface area (Å²) in [7, 11) is 1.56. The lowest BCUT2D eigenvalue weighted by molar-refractivity contribution is -0.117. The number of nitrogens with two attached hydrogens (primary N) is 1. The molecule has 0 spiro atoms. The number of rotatable bonds is 7. The summed E-state index contributed by atoms with van der Waals surface area (Å²) < 4.78 is 5.27. The van der Waals surface area contributed by atoms with E-state index in [0.717, 1.165) is 6.54 Å². The molecule has 0 aromatic heterocycles. The Morgan fingerprint density at radius 2 is 1.92 bits per heavy atom. The van der Waals surface area contributed by atoms with Gasteiger partial charge in [0.25, 0.3) is 0 Å². The maximum absolute atomic E-state index is 12.4. The Kier molecular flexibility index (Phi) is 6.21. The molecule has 5 heteroatoms. The third-order valence-corrected chi connectivity index (χ3v) is 3.81. The van der Waals surface area contributed by atoms with Crippen molar-refractivity contribution in [1.82, 2.24) is 4.90 Å². The Bertz CT molecular complexity index is 672. The summed E-state index contributed by atoms with van der Waals surface area (Å²) in [6, 6.07) is 15.6. The Morgan fingerprint density at radius 3 is 2.54 bits per heavy atom. The van der Waals surface area contributed by atoms with E-state index in [4.69, 9.17) is 10.5 Å². The van der Waals surface area contributed by atoms with Crippen molar-refractivity contribution in [3.05, 3.63) is 54.1 Å². The molecule has 2 aromatic rings. The van der Waals surface area contributed by atoms with E-state index < -0.39 is 0 Å². The highest BCUT2D eigenvalue weighted by atomic mass is 16.5. The van der Waals surface area contributed by atoms with Crippen molar-refractivity contribution in [2.24, 2.45) is 0 Å². The molecule has 2 aromatic carbocycles. The third-order valence-electron chi connectivity index (χ3n) is 3.81. The molecule has 0 atom stereocenters. The monoisotopic (exact) mass is 327 g/mol. The molecule has 5 nitrogen and oxygen atoms in total. The van der Waals surface area contributed by atoms with E-state index in [-0.39, 0.29) is 11.9 Å². The minimum atomic E-state index is -0.0808. The van der Waals surface area contributed by atoms with Gasteiger partial charge in [0.05, 0.1) is 19.3 Å². The molecule has 0 saturated heterocycles. The van der Waals surface area contributed by atoms with Crippen molar-refractivity contribution >= 4 is 17.3 Å². The molecule has 0 aliphatic carbocycles. The van der Waals surface area contributed by atoms with Gasteiger partial charge in [-0.25, -0.2) is 0 Å². The van der Waals surface area contributed by atoms with Crippen LogP contribution in [-0.2, 0) is 11.3 Å². The number of carbonyl (C=O) groups excluding carboxylic acids is 1. The minimum absolute atomic E-state index is 0.0808. The van der Waals surface area contributed by atoms with Crippen molar-refractivity contribution in [3.8, 4) is 5.75 Å². The van der Waals surface area contributed by atoms with Crippen molar-refractivity contribution in [2.75, 3.05) is 24.7 Å². The van der Waals surface area contributed by atoms with Crippen LogP contribution in [0.5, 0.6) is 5.75 Å². The number of hydrogen-bond donors (Lipinski definition) is 2. The zero-order valence-corrected chi connectivity index (χ0v) is 14.5. The van der Waals surface area contributed by atoms with Crippen LogP contribution in [0.2, 0.25) is 0 Å². The van der Waals surface area contributed by atoms with Crippen LogP contribution in [0, 0.1) is 0 Å². The minimum Gasteiger partial charge on any atom is -0.494 e. The van der Waals surface area contributed by atoms with Gasteiger partial charge in [0, 0.05) is 24.3 Å². The highest BCUT2D eigenvalue weighted by Gasteiger charge is 2.16. The number of ether oxygens (including phenoxy) is 1. The van der Waals surface area contributed by atoms with Gasteiger partial charge in [0.1, 0.15) is 5.75 Å². The third kappa shape index (κ3) is 4.99. The molecule has 24 heavy (non-hydrogen) atoms. The molecule has 0 unspecified atom stereocenters. The lowest BCUT2D eigenvalue weighted by Gasteiger charge is -2.26. The number of methoxy groups -OCH3 is 1. The number of benzene rings is 2. The normalized spacial score (nSPS) is 10.9. The number of carbonyl (C=O) groups is 1. The zero-order chi connectivity index (χ0) is 17.5. The second-order valence-electron chi connectivity index (χ2n) is 5.99. The number of hydrogen-bond acceptors (Lipinski definition) is 4. The molecular formula is C19H25N3O2. The molecular weight excluding hydrogens is 302 g/mol. The van der Waals surface area contributed by atoms with E-state index in [9.17, 15) is 4.79 Å². The van der Waals surface area contributed by atoms with Crippen LogP contribution < -0.4 is 15.8 Å². The van der Waals surface area contributed by atoms with Gasteiger partial charge in [-0.1, -0.05) is 30.3 Å². The highest BCUT2D eigenvalue weighted by Crippen LogP contribution is 2.26. The van der Waals surface area contributed by atoms with Crippen LogP contribution >= 0.6 is 0 Å². The Hall–Kier alpha value is -2.53. The van der Waals surface area contributed by atoms with Crippen LogP contribution in [0.25, 0.3) is 0 Å². The van der Waals surface area contributed by atoms with Crippen molar-refractivity contribution in [1.29, 1.82) is 0 Å². The number of nitrogens with one attached hydrogen (secondary N) is 1. The van der Waals surface area contributed by atoms with E-state index >= 15 is 0 Å². The molecule has 1 amide bonds. The van der Waals surface area contributed by atoms with Gasteiger partial charge in [0.15, 0.2) is 0 Å². The van der Waals surface area contributed by atoms with E-state index in [1.807, 2.05) is 18.2 Å². The van der Waals surface area contributed by atoms with Crippen LogP contribution in [-0.4, -0.2) is 30.5 Å². The molecule has 0 heterocycles. The van der Waals surface area contributed by atoms with E-state index in [1.165, 1.54) is 5.56 Å². The summed E-state index contributed by atoms with van der Waals surface area (Å²) in [5, 5.41) is 2.90. The fraction of sp³-hybridized carbons (Fsp3) is 0.316. The van der Waals surface area contributed by atoms with Gasteiger partial charge in [0.2, 0.25) is 5.91 Å². The van der Waals surface area contributed by atoms with Crippen molar-refractivity contribution < 1.29 is 9.53 Å². The molecule has 0 fully saturated rings. The first-order valence-corrected chi connectivity index (χ1v) is 8.01. The molecule has 128 valence electrons. The zero-order valence-electron chi connectivity index (χ0n) is 14.5. The maximum atomic E-state index is 12.4. The van der Waals surface area contributed by atoms with Crippen LogP contribution in [0.1, 0.15) is 19.4 Å². The smallest absolute Gasteiger partial charge is 0.238 e. The molecule has 0 saturated carbocycles. The first-order chi connectivity index (χ1) is 11.5. The van der Waals surface area contributed by atoms with Gasteiger partial charge in [-0.3, -0.25) is 9.69 Å². The lowest BCUT2D eigenvalue weighted by atomic mass is 10.2. The SMILES string of the molecule is COc1cc(N)ccc1NC(=O)CN(Cc1ccccc1)C(C)C. The van der Waals surface area contributed by atoms with Gasteiger partial charge in [-0.2, -0.15) is 0 Å². The quantitative estimate of drug-likeness (QED) is 0.767. The summed E-state index contributed by atoms with van der Waals surface area (Å²) in [4.78, 5) is 14.6. The molecule has 2 rings (SSSR count). The maximum Gasteiger partial charge on any atom is 0.238 e. The fourth-order valence-corrected chi connectivity index (χ4v) is 2.42. The average Bonchev–Trinajstić information content (AvgIpc) is 2.56. The number of anilines is 2. The summed E-state index contributed by atoms with van der Waals surface area (Å²) in [6.45, 7) is 5.20. The largest absolute Gasteiger partial charge is 0.494 e. The molecule has 0 bridgehead atoms. The first-order valence-electron chi connectivity index (χ1n) is 8.01. The Morgan fingerprint density at radius 1 is 1.21 bits per heavy atom. The fourth-order valence-electron chi connectivity index (χ4n) is 2.42. The second kappa shape index (κ2) is 8.36. The molecule has 0 aliphatic rings. The number of amides is 1. The van der Waals surface area contributed by atoms with Crippen molar-refractivity contribution in [2.45, 2.75) is 26.4 Å². The predicted octanol–water partition coefficient (Wildman–Crippen LogP) is 3.13. The van der Waals surface area contributed by atoms with Crippen molar-refractivity contribution in [3.63, 3.8) is 0 Å². The van der Waals surface area contributed by atoms with E-state index in [0.29, 0.717) is 23.7 Å². The summed E-state index contributed by atoms with van der Waals surface area (Å²) in [6.07, 6.45) is 0. The lowest BCUT2D eigenvalue weighted by Crippen LogP contribution is -2.37. The Labute approximate surface area is 143 Å². The summed E-state index contributed by atoms with van der Waals surface area (Å²) >= 11 is 0. The van der Waals surface area contributed by atoms with Gasteiger partial charge < -0.3 is 15.8 Å². The molecule has 0 radical (unpaired) electrons. The molecule has 0 aliphatic heterocycles. The van der Waals surface area contributed by atoms with E-state index in [1.54, 1.807) is 25.3 Å². The number of nitrogen functional groups attached to an aromatic ring is 1. The van der Waals surface area contributed by atoms with Gasteiger partial charge >= 0.3 is 0 Å². The highest BCUT2D eigenvalue weighted by molar-refractivity contribution is 5.94.